The molecule has 0 amide bonds. The van der Waals surface area contributed by atoms with Crippen LogP contribution in [0.1, 0.15) is 65.7 Å². The van der Waals surface area contributed by atoms with Crippen LogP contribution in [-0.4, -0.2) is 45.9 Å². The molecule has 43 heavy (non-hydrogen) atoms. The second-order valence-corrected chi connectivity index (χ2v) is 12.2. The van der Waals surface area contributed by atoms with Gasteiger partial charge >= 0.3 is 13.7 Å². The molecule has 4 rings (SSSR count). The Morgan fingerprint density at radius 2 is 1.74 bits per heavy atom. The molecule has 0 saturated carbocycles. The van der Waals surface area contributed by atoms with Gasteiger partial charge in [0.1, 0.15) is 29.7 Å². The fourth-order valence-electron chi connectivity index (χ4n) is 4.94. The highest BCUT2D eigenvalue weighted by Gasteiger charge is 2.33. The highest BCUT2D eigenvalue weighted by Crippen LogP contribution is 2.45. The van der Waals surface area contributed by atoms with E-state index >= 15 is 0 Å². The van der Waals surface area contributed by atoms with Crippen molar-refractivity contribution in [3.8, 4) is 5.75 Å². The third kappa shape index (κ3) is 8.12. The van der Waals surface area contributed by atoms with Crippen LogP contribution in [0.2, 0.25) is 0 Å². The first-order valence-corrected chi connectivity index (χ1v) is 16.3. The van der Waals surface area contributed by atoms with E-state index in [1.54, 1.807) is 45.0 Å². The summed E-state index contributed by atoms with van der Waals surface area (Å²) in [5, 5.41) is 3.69. The zero-order valence-corrected chi connectivity index (χ0v) is 26.4. The first-order valence-electron chi connectivity index (χ1n) is 14.8. The second-order valence-electron chi connectivity index (χ2n) is 10.5. The number of hydrogen-bond acceptors (Lipinski definition) is 9. The number of fused-ring (bicyclic) bond motifs is 3. The van der Waals surface area contributed by atoms with E-state index in [1.165, 1.54) is 0 Å². The molecule has 2 aromatic heterocycles. The minimum Gasteiger partial charge on any atom is -0.462 e. The summed E-state index contributed by atoms with van der Waals surface area (Å²) in [6.07, 6.45) is 1.83. The number of rotatable bonds is 16. The smallest absolute Gasteiger partial charge is 0.459 e. The average Bonchev–Trinajstić information content (AvgIpc) is 3.36. The number of benzene rings is 2. The second kappa shape index (κ2) is 14.8. The van der Waals surface area contributed by atoms with E-state index in [-0.39, 0.29) is 18.8 Å². The lowest BCUT2D eigenvalue weighted by Crippen LogP contribution is -2.36. The maximum atomic E-state index is 14.0. The molecule has 0 saturated heterocycles. The van der Waals surface area contributed by atoms with Gasteiger partial charge in [-0.05, 0) is 58.7 Å². The fraction of sp³-hybridized carbons (Fsp3) is 0.452. The number of nitrogens with two attached hydrogens (primary N) is 1. The molecule has 0 fully saturated rings. The molecule has 2 heterocycles. The standard InChI is InChI=1S/C31H42N5O6P/c1-6-13-23(36-27(20-39-7-2)34-28-29(36)25-16-11-12-17-26(25)33-30(28)32)18-19-40-43(38,42-24-14-9-8-10-15-24)35-22(5)31(37)41-21(3)4/h8-12,14-17,21-23H,6-7,13,18-20H2,1-5H3,(H2,32,33)(H,35,38). The van der Waals surface area contributed by atoms with Crippen LogP contribution in [0, 0.1) is 0 Å². The van der Waals surface area contributed by atoms with E-state index in [9.17, 15) is 9.36 Å². The van der Waals surface area contributed by atoms with E-state index in [4.69, 9.17) is 29.2 Å². The summed E-state index contributed by atoms with van der Waals surface area (Å²) in [5.74, 6) is 0.876. The Labute approximate surface area is 252 Å². The van der Waals surface area contributed by atoms with Crippen LogP contribution in [0.5, 0.6) is 5.75 Å². The van der Waals surface area contributed by atoms with E-state index < -0.39 is 19.8 Å². The fourth-order valence-corrected chi connectivity index (χ4v) is 6.44. The van der Waals surface area contributed by atoms with Crippen molar-refractivity contribution in [3.05, 3.63) is 60.4 Å². The first kappa shape index (κ1) is 32.4. The Morgan fingerprint density at radius 1 is 1.02 bits per heavy atom. The van der Waals surface area contributed by atoms with Crippen molar-refractivity contribution in [1.82, 2.24) is 19.6 Å². The molecular weight excluding hydrogens is 569 g/mol. The van der Waals surface area contributed by atoms with Gasteiger partial charge < -0.3 is 24.3 Å². The normalized spacial score (nSPS) is 14.6. The van der Waals surface area contributed by atoms with Gasteiger partial charge in [0.2, 0.25) is 0 Å². The molecule has 3 unspecified atom stereocenters. The van der Waals surface area contributed by atoms with E-state index in [1.807, 2.05) is 37.3 Å². The highest BCUT2D eigenvalue weighted by molar-refractivity contribution is 7.52. The molecular formula is C31H42N5O6P. The Bertz CT molecular complexity index is 1560. The Morgan fingerprint density at radius 3 is 2.44 bits per heavy atom. The van der Waals surface area contributed by atoms with Gasteiger partial charge in [0.25, 0.3) is 0 Å². The number of esters is 1. The predicted octanol–water partition coefficient (Wildman–Crippen LogP) is 6.57. The average molecular weight is 612 g/mol. The quantitative estimate of drug-likeness (QED) is 0.106. The number of anilines is 1. The minimum absolute atomic E-state index is 0.0694. The monoisotopic (exact) mass is 611 g/mol. The summed E-state index contributed by atoms with van der Waals surface area (Å²) in [5.41, 5.74) is 8.66. The topological polar surface area (TPSA) is 140 Å². The molecule has 3 atom stereocenters. The molecule has 0 bridgehead atoms. The van der Waals surface area contributed by atoms with Crippen LogP contribution >= 0.6 is 7.75 Å². The molecule has 2 aromatic carbocycles. The van der Waals surface area contributed by atoms with E-state index in [0.29, 0.717) is 36.7 Å². The van der Waals surface area contributed by atoms with Crippen LogP contribution in [0.15, 0.2) is 54.6 Å². The van der Waals surface area contributed by atoms with E-state index in [0.717, 1.165) is 35.1 Å². The van der Waals surface area contributed by atoms with Crippen LogP contribution in [0.4, 0.5) is 5.82 Å². The summed E-state index contributed by atoms with van der Waals surface area (Å²) in [6, 6.07) is 15.5. The Balaban J connectivity index is 1.65. The highest BCUT2D eigenvalue weighted by atomic mass is 31.2. The maximum absolute atomic E-state index is 14.0. The number of nitrogens with zero attached hydrogens (tertiary/aromatic N) is 3. The lowest BCUT2D eigenvalue weighted by Gasteiger charge is -2.25. The number of aromatic nitrogens is 3. The maximum Gasteiger partial charge on any atom is 0.459 e. The lowest BCUT2D eigenvalue weighted by atomic mass is 10.1. The van der Waals surface area contributed by atoms with Crippen molar-refractivity contribution in [2.75, 3.05) is 18.9 Å². The van der Waals surface area contributed by atoms with Crippen LogP contribution in [0.3, 0.4) is 0 Å². The SMILES string of the molecule is CCCC(CCOP(=O)(NC(C)C(=O)OC(C)C)Oc1ccccc1)n1c(COCC)nc2c(N)nc3ccccc3c21. The molecule has 12 heteroatoms. The van der Waals surface area contributed by atoms with Gasteiger partial charge in [-0.1, -0.05) is 49.7 Å². The first-order chi connectivity index (χ1) is 20.7. The van der Waals surface area contributed by atoms with Crippen molar-refractivity contribution in [2.45, 2.75) is 78.7 Å². The van der Waals surface area contributed by atoms with Crippen molar-refractivity contribution in [2.24, 2.45) is 0 Å². The number of pyridine rings is 1. The number of carbonyl (C=O) groups is 1. The van der Waals surface area contributed by atoms with Gasteiger partial charge in [0.15, 0.2) is 5.82 Å². The number of ether oxygens (including phenoxy) is 2. The molecule has 0 aliphatic heterocycles. The molecule has 232 valence electrons. The lowest BCUT2D eigenvalue weighted by molar-refractivity contribution is -0.149. The van der Waals surface area contributed by atoms with Gasteiger partial charge in [-0.15, -0.1) is 0 Å². The van der Waals surface area contributed by atoms with Gasteiger partial charge in [0, 0.05) is 18.0 Å². The number of nitrogen functional groups attached to an aromatic ring is 1. The molecule has 0 aliphatic rings. The number of nitrogens with one attached hydrogen (secondary N) is 1. The zero-order valence-electron chi connectivity index (χ0n) is 25.5. The van der Waals surface area contributed by atoms with Gasteiger partial charge in [0.05, 0.1) is 23.7 Å². The Hall–Kier alpha value is -3.50. The van der Waals surface area contributed by atoms with Crippen LogP contribution in [-0.2, 0) is 30.0 Å². The summed E-state index contributed by atoms with van der Waals surface area (Å²) in [4.78, 5) is 22.0. The van der Waals surface area contributed by atoms with Gasteiger partial charge in [-0.3, -0.25) is 9.32 Å². The van der Waals surface area contributed by atoms with Crippen LogP contribution in [0.25, 0.3) is 21.9 Å². The van der Waals surface area contributed by atoms with Crippen molar-refractivity contribution < 1.29 is 27.9 Å². The summed E-state index contributed by atoms with van der Waals surface area (Å²) in [6.45, 7) is 10.0. The molecule has 0 aliphatic carbocycles. The number of hydrogen-bond donors (Lipinski definition) is 2. The Kier molecular flexibility index (Phi) is 11.2. The number of para-hydroxylation sites is 2. The summed E-state index contributed by atoms with van der Waals surface area (Å²) in [7, 11) is -4.00. The predicted molar refractivity (Wildman–Crippen MR) is 168 cm³/mol. The van der Waals surface area contributed by atoms with Gasteiger partial charge in [-0.2, -0.15) is 5.09 Å². The zero-order chi connectivity index (χ0) is 31.0. The third-order valence-corrected chi connectivity index (χ3v) is 8.46. The molecule has 0 spiro atoms. The largest absolute Gasteiger partial charge is 0.462 e. The van der Waals surface area contributed by atoms with Crippen molar-refractivity contribution >= 4 is 41.5 Å². The van der Waals surface area contributed by atoms with Crippen LogP contribution < -0.4 is 15.3 Å². The molecule has 4 aromatic rings. The summed E-state index contributed by atoms with van der Waals surface area (Å²) >= 11 is 0. The number of imidazole rings is 1. The number of carbonyl (C=O) groups excluding carboxylic acids is 1. The van der Waals surface area contributed by atoms with Crippen molar-refractivity contribution in [3.63, 3.8) is 0 Å². The summed E-state index contributed by atoms with van der Waals surface area (Å²) < 4.78 is 39.1. The minimum atomic E-state index is -4.00. The molecule has 3 N–H and O–H groups in total. The van der Waals surface area contributed by atoms with Gasteiger partial charge in [-0.25, -0.2) is 14.5 Å². The van der Waals surface area contributed by atoms with E-state index in [2.05, 4.69) is 21.6 Å². The third-order valence-electron chi connectivity index (χ3n) is 6.79. The molecule has 0 radical (unpaired) electrons. The molecule has 11 nitrogen and oxygen atoms in total. The van der Waals surface area contributed by atoms with Crippen molar-refractivity contribution in [1.29, 1.82) is 0 Å².